The maximum atomic E-state index is 11.2. The minimum atomic E-state index is -0.442. The van der Waals surface area contributed by atoms with Crippen LogP contribution in [0.5, 0.6) is 0 Å². The van der Waals surface area contributed by atoms with Crippen LogP contribution in [-0.2, 0) is 13.1 Å². The predicted octanol–water partition coefficient (Wildman–Crippen LogP) is 2.15. The molecule has 2 rings (SSSR count). The first kappa shape index (κ1) is 18.5. The molecule has 0 bridgehead atoms. The smallest absolute Gasteiger partial charge is 0.248 e. The lowest BCUT2D eigenvalue weighted by Crippen LogP contribution is -2.36. The fraction of sp³-hybridized carbons (Fsp3) is 0.389. The van der Waals surface area contributed by atoms with Gasteiger partial charge in [0, 0.05) is 18.2 Å². The highest BCUT2D eigenvalue weighted by molar-refractivity contribution is 5.92. The molecule has 0 saturated carbocycles. The zero-order valence-corrected chi connectivity index (χ0v) is 14.9. The van der Waals surface area contributed by atoms with Crippen LogP contribution in [0.2, 0.25) is 0 Å². The summed E-state index contributed by atoms with van der Waals surface area (Å²) in [6, 6.07) is 9.09. The Balaban J connectivity index is 2.00. The van der Waals surface area contributed by atoms with Crippen LogP contribution in [0.4, 0.5) is 0 Å². The van der Waals surface area contributed by atoms with Gasteiger partial charge in [-0.15, -0.1) is 0 Å². The molecule has 1 aromatic carbocycles. The van der Waals surface area contributed by atoms with E-state index in [1.54, 1.807) is 18.2 Å². The number of nitrogens with zero attached hydrogens (tertiary/aromatic N) is 2. The molecule has 134 valence electrons. The number of amides is 1. The summed E-state index contributed by atoms with van der Waals surface area (Å²) < 4.78 is 5.31. The minimum absolute atomic E-state index is 0.330. The molecule has 0 fully saturated rings. The third-order valence-corrected chi connectivity index (χ3v) is 3.57. The van der Waals surface area contributed by atoms with Crippen molar-refractivity contribution in [3.63, 3.8) is 0 Å². The van der Waals surface area contributed by atoms with Gasteiger partial charge in [0.1, 0.15) is 0 Å². The van der Waals surface area contributed by atoms with Gasteiger partial charge in [0.25, 0.3) is 0 Å². The summed E-state index contributed by atoms with van der Waals surface area (Å²) in [5.41, 5.74) is 7.63. The van der Waals surface area contributed by atoms with Crippen LogP contribution in [0.3, 0.4) is 0 Å². The average Bonchev–Trinajstić information content (AvgIpc) is 3.07. The molecular weight excluding hydrogens is 318 g/mol. The average molecular weight is 343 g/mol. The van der Waals surface area contributed by atoms with Crippen molar-refractivity contribution in [1.29, 1.82) is 0 Å². The maximum Gasteiger partial charge on any atom is 0.248 e. The molecule has 1 heterocycles. The molecule has 2 aromatic rings. The van der Waals surface area contributed by atoms with Crippen LogP contribution in [0.15, 0.2) is 39.8 Å². The van der Waals surface area contributed by atoms with Gasteiger partial charge in [0.2, 0.25) is 5.91 Å². The van der Waals surface area contributed by atoms with E-state index < -0.39 is 5.91 Å². The van der Waals surface area contributed by atoms with Crippen molar-refractivity contribution >= 4 is 11.9 Å². The van der Waals surface area contributed by atoms with Crippen LogP contribution >= 0.6 is 0 Å². The Kier molecular flexibility index (Phi) is 6.56. The molecule has 25 heavy (non-hydrogen) atoms. The summed E-state index contributed by atoms with van der Waals surface area (Å²) in [6.45, 7) is 7.80. The van der Waals surface area contributed by atoms with Gasteiger partial charge in [0.15, 0.2) is 11.7 Å². The summed E-state index contributed by atoms with van der Waals surface area (Å²) in [5.74, 6) is 1.30. The summed E-state index contributed by atoms with van der Waals surface area (Å²) in [7, 11) is 0. The van der Waals surface area contributed by atoms with E-state index in [1.807, 2.05) is 19.1 Å². The lowest BCUT2D eigenvalue weighted by atomic mass is 10.1. The van der Waals surface area contributed by atoms with Crippen LogP contribution in [0.25, 0.3) is 0 Å². The van der Waals surface area contributed by atoms with Crippen LogP contribution in [-0.4, -0.2) is 23.6 Å². The second-order valence-corrected chi connectivity index (χ2v) is 5.99. The molecular formula is C18H25N5O2. The Morgan fingerprint density at radius 1 is 1.32 bits per heavy atom. The number of carbonyl (C=O) groups excluding carboxylic acids is 1. The molecule has 0 aliphatic rings. The lowest BCUT2D eigenvalue weighted by Gasteiger charge is -2.10. The molecule has 1 amide bonds. The van der Waals surface area contributed by atoms with Gasteiger partial charge in [-0.1, -0.05) is 31.1 Å². The largest absolute Gasteiger partial charge is 0.366 e. The van der Waals surface area contributed by atoms with E-state index in [0.29, 0.717) is 30.5 Å². The summed E-state index contributed by atoms with van der Waals surface area (Å²) in [5, 5.41) is 10.4. The minimum Gasteiger partial charge on any atom is -0.366 e. The highest BCUT2D eigenvalue weighted by Crippen LogP contribution is 2.13. The zero-order valence-electron chi connectivity index (χ0n) is 14.9. The molecule has 7 nitrogen and oxygen atoms in total. The molecule has 0 aliphatic heterocycles. The first-order chi connectivity index (χ1) is 12.0. The first-order valence-corrected chi connectivity index (χ1v) is 8.36. The Hall–Kier alpha value is -2.83. The Morgan fingerprint density at radius 2 is 2.12 bits per heavy atom. The van der Waals surface area contributed by atoms with Crippen LogP contribution < -0.4 is 16.4 Å². The summed E-state index contributed by atoms with van der Waals surface area (Å²) >= 11 is 0. The number of nitrogens with two attached hydrogens (primary N) is 1. The lowest BCUT2D eigenvalue weighted by molar-refractivity contribution is 0.1000. The third-order valence-electron chi connectivity index (χ3n) is 3.57. The normalized spacial score (nSPS) is 11.6. The van der Waals surface area contributed by atoms with E-state index in [0.717, 1.165) is 23.6 Å². The Labute approximate surface area is 147 Å². The second-order valence-electron chi connectivity index (χ2n) is 5.99. The standard InChI is InChI=1S/C18H25N5O2/c1-4-20-18(22-11-15-9-16(12(2)3)23-25-15)21-10-13-6-5-7-14(8-13)17(19)24/h5-9,12H,4,10-11H2,1-3H3,(H2,19,24)(H2,20,21,22). The maximum absolute atomic E-state index is 11.2. The molecule has 7 heteroatoms. The summed E-state index contributed by atoms with van der Waals surface area (Å²) in [6.07, 6.45) is 0. The quantitative estimate of drug-likeness (QED) is 0.528. The Bertz CT molecular complexity index is 737. The second kappa shape index (κ2) is 8.86. The number of hydrogen-bond donors (Lipinski definition) is 3. The number of hydrogen-bond acceptors (Lipinski definition) is 4. The number of nitrogens with one attached hydrogen (secondary N) is 2. The van der Waals surface area contributed by atoms with E-state index in [2.05, 4.69) is 34.6 Å². The van der Waals surface area contributed by atoms with Gasteiger partial charge in [-0.05, 0) is 30.5 Å². The van der Waals surface area contributed by atoms with E-state index >= 15 is 0 Å². The van der Waals surface area contributed by atoms with Crippen LogP contribution in [0.1, 0.15) is 54.1 Å². The number of guanidine groups is 1. The van der Waals surface area contributed by atoms with Crippen molar-refractivity contribution < 1.29 is 9.32 Å². The van der Waals surface area contributed by atoms with Crippen LogP contribution in [0, 0.1) is 0 Å². The highest BCUT2D eigenvalue weighted by Gasteiger charge is 2.08. The molecule has 1 aromatic heterocycles. The molecule has 4 N–H and O–H groups in total. The summed E-state index contributed by atoms with van der Waals surface area (Å²) in [4.78, 5) is 15.8. The molecule has 0 radical (unpaired) electrons. The van der Waals surface area contributed by atoms with Crippen molar-refractivity contribution in [3.05, 3.63) is 52.9 Å². The van der Waals surface area contributed by atoms with Crippen molar-refractivity contribution in [3.8, 4) is 0 Å². The number of rotatable bonds is 7. The predicted molar refractivity (Wildman–Crippen MR) is 97.2 cm³/mol. The molecule has 0 spiro atoms. The first-order valence-electron chi connectivity index (χ1n) is 8.36. The topological polar surface area (TPSA) is 106 Å². The Morgan fingerprint density at radius 3 is 2.76 bits per heavy atom. The highest BCUT2D eigenvalue weighted by atomic mass is 16.5. The van der Waals surface area contributed by atoms with Gasteiger partial charge in [-0.25, -0.2) is 4.99 Å². The monoisotopic (exact) mass is 343 g/mol. The number of primary amides is 1. The van der Waals surface area contributed by atoms with Gasteiger partial charge < -0.3 is 20.9 Å². The molecule has 0 unspecified atom stereocenters. The SMILES string of the molecule is CCNC(=NCc1cccc(C(N)=O)c1)NCc1cc(C(C)C)no1. The molecule has 0 aliphatic carbocycles. The van der Waals surface area contributed by atoms with E-state index in [-0.39, 0.29) is 0 Å². The molecule has 0 saturated heterocycles. The van der Waals surface area contributed by atoms with Gasteiger partial charge in [-0.2, -0.15) is 0 Å². The number of aromatic nitrogens is 1. The van der Waals surface area contributed by atoms with E-state index in [1.165, 1.54) is 0 Å². The van der Waals surface area contributed by atoms with Gasteiger partial charge >= 0.3 is 0 Å². The number of carbonyl (C=O) groups is 1. The van der Waals surface area contributed by atoms with Gasteiger partial charge in [0.05, 0.1) is 18.8 Å². The van der Waals surface area contributed by atoms with Crippen molar-refractivity contribution in [2.75, 3.05) is 6.54 Å². The van der Waals surface area contributed by atoms with Crippen molar-refractivity contribution in [2.24, 2.45) is 10.7 Å². The third kappa shape index (κ3) is 5.63. The number of benzene rings is 1. The zero-order chi connectivity index (χ0) is 18.2. The van der Waals surface area contributed by atoms with Crippen molar-refractivity contribution in [2.45, 2.75) is 39.8 Å². The van der Waals surface area contributed by atoms with E-state index in [4.69, 9.17) is 10.3 Å². The van der Waals surface area contributed by atoms with Gasteiger partial charge in [-0.3, -0.25) is 4.79 Å². The number of aliphatic imine (C=N–C) groups is 1. The van der Waals surface area contributed by atoms with Crippen molar-refractivity contribution in [1.82, 2.24) is 15.8 Å². The van der Waals surface area contributed by atoms with E-state index in [9.17, 15) is 4.79 Å². The fourth-order valence-electron chi connectivity index (χ4n) is 2.19. The molecule has 0 atom stereocenters. The fourth-order valence-corrected chi connectivity index (χ4v) is 2.19.